The molecule has 5 nitrogen and oxygen atoms in total. The molecule has 1 saturated heterocycles. The molecule has 1 aromatic carbocycles. The molecule has 0 bridgehead atoms. The van der Waals surface area contributed by atoms with Gasteiger partial charge in [-0.25, -0.2) is 4.99 Å². The molecule has 1 aliphatic rings. The van der Waals surface area contributed by atoms with Crippen LogP contribution in [0.3, 0.4) is 0 Å². The van der Waals surface area contributed by atoms with Crippen molar-refractivity contribution in [3.8, 4) is 0 Å². The molecule has 0 unspecified atom stereocenters. The van der Waals surface area contributed by atoms with Crippen molar-refractivity contribution < 1.29 is 0 Å². The van der Waals surface area contributed by atoms with E-state index in [9.17, 15) is 0 Å². The topological polar surface area (TPSA) is 42.9 Å². The number of halogens is 1. The Kier molecular flexibility index (Phi) is 12.4. The molecular formula is C20H36IN5S. The number of thioether (sulfide) groups is 1. The lowest BCUT2D eigenvalue weighted by atomic mass is 10.1. The van der Waals surface area contributed by atoms with Gasteiger partial charge in [0, 0.05) is 37.6 Å². The van der Waals surface area contributed by atoms with Crippen LogP contribution < -0.4 is 10.6 Å². The molecule has 0 saturated carbocycles. The van der Waals surface area contributed by atoms with Crippen LogP contribution in [0.2, 0.25) is 0 Å². The minimum Gasteiger partial charge on any atom is -0.357 e. The van der Waals surface area contributed by atoms with Gasteiger partial charge in [0.15, 0.2) is 5.96 Å². The number of benzene rings is 1. The molecular weight excluding hydrogens is 469 g/mol. The molecule has 7 heteroatoms. The Hall–Kier alpha value is -0.510. The quantitative estimate of drug-likeness (QED) is 0.258. The van der Waals surface area contributed by atoms with Crippen molar-refractivity contribution in [2.45, 2.75) is 31.7 Å². The molecule has 0 amide bonds. The maximum absolute atomic E-state index is 4.79. The van der Waals surface area contributed by atoms with Crippen LogP contribution >= 0.6 is 35.7 Å². The second-order valence-electron chi connectivity index (χ2n) is 6.94. The zero-order valence-corrected chi connectivity index (χ0v) is 20.4. The molecule has 2 N–H and O–H groups in total. The average molecular weight is 506 g/mol. The number of likely N-dealkylation sites (N-methyl/N-ethyl adjacent to an activating group) is 1. The highest BCUT2D eigenvalue weighted by Gasteiger charge is 2.11. The number of rotatable bonds is 7. The lowest BCUT2D eigenvalue weighted by Gasteiger charge is -2.21. The van der Waals surface area contributed by atoms with E-state index in [4.69, 9.17) is 4.99 Å². The summed E-state index contributed by atoms with van der Waals surface area (Å²) in [6.45, 7) is 12.6. The van der Waals surface area contributed by atoms with Crippen LogP contribution in [-0.2, 0) is 6.54 Å². The van der Waals surface area contributed by atoms with Crippen LogP contribution in [0.15, 0.2) is 28.1 Å². The van der Waals surface area contributed by atoms with E-state index in [1.807, 2.05) is 0 Å². The van der Waals surface area contributed by atoms with Gasteiger partial charge in [-0.15, -0.1) is 35.7 Å². The van der Waals surface area contributed by atoms with Gasteiger partial charge in [0.05, 0.1) is 6.54 Å². The molecule has 1 heterocycles. The van der Waals surface area contributed by atoms with E-state index in [1.165, 1.54) is 42.1 Å². The number of guanidine groups is 1. The SMILES string of the molecule is CCNC(=NCc1ccc(C)cc1SC)NCCN1CCCN(C)CC1.I. The first-order chi connectivity index (χ1) is 12.6. The van der Waals surface area contributed by atoms with Gasteiger partial charge >= 0.3 is 0 Å². The normalized spacial score (nSPS) is 16.5. The van der Waals surface area contributed by atoms with E-state index in [-0.39, 0.29) is 24.0 Å². The van der Waals surface area contributed by atoms with Crippen molar-refractivity contribution in [2.75, 3.05) is 59.1 Å². The number of hydrogen-bond acceptors (Lipinski definition) is 4. The summed E-state index contributed by atoms with van der Waals surface area (Å²) in [5.74, 6) is 0.909. The Morgan fingerprint density at radius 1 is 1.19 bits per heavy atom. The van der Waals surface area contributed by atoms with E-state index in [0.717, 1.165) is 32.1 Å². The molecule has 0 radical (unpaired) electrons. The molecule has 154 valence electrons. The van der Waals surface area contributed by atoms with Crippen LogP contribution in [0, 0.1) is 6.92 Å². The molecule has 0 aromatic heterocycles. The number of aryl methyl sites for hydroxylation is 1. The van der Waals surface area contributed by atoms with Crippen LogP contribution in [0.1, 0.15) is 24.5 Å². The van der Waals surface area contributed by atoms with Gasteiger partial charge in [0.25, 0.3) is 0 Å². The Balaban J connectivity index is 0.00000364. The summed E-state index contributed by atoms with van der Waals surface area (Å²) in [7, 11) is 2.21. The molecule has 2 rings (SSSR count). The van der Waals surface area contributed by atoms with Crippen molar-refractivity contribution in [1.82, 2.24) is 20.4 Å². The minimum atomic E-state index is 0. The first kappa shape index (κ1) is 24.5. The van der Waals surface area contributed by atoms with E-state index in [1.54, 1.807) is 11.8 Å². The summed E-state index contributed by atoms with van der Waals surface area (Å²) in [4.78, 5) is 11.1. The fourth-order valence-corrected chi connectivity index (χ4v) is 3.84. The van der Waals surface area contributed by atoms with Gasteiger partial charge in [0.2, 0.25) is 0 Å². The Bertz CT molecular complexity index is 581. The third kappa shape index (κ3) is 9.02. The predicted molar refractivity (Wildman–Crippen MR) is 130 cm³/mol. The number of aliphatic imine (C=N–C) groups is 1. The fraction of sp³-hybridized carbons (Fsp3) is 0.650. The lowest BCUT2D eigenvalue weighted by Crippen LogP contribution is -2.42. The summed E-state index contributed by atoms with van der Waals surface area (Å²) in [5, 5.41) is 6.86. The van der Waals surface area contributed by atoms with Gasteiger partial charge in [-0.2, -0.15) is 0 Å². The van der Waals surface area contributed by atoms with Gasteiger partial charge in [-0.3, -0.25) is 0 Å². The first-order valence-corrected chi connectivity index (χ1v) is 10.9. The third-order valence-electron chi connectivity index (χ3n) is 4.73. The third-order valence-corrected chi connectivity index (χ3v) is 5.55. The van der Waals surface area contributed by atoms with E-state index < -0.39 is 0 Å². The highest BCUT2D eigenvalue weighted by atomic mass is 127. The molecule has 1 aromatic rings. The molecule has 0 aliphatic carbocycles. The van der Waals surface area contributed by atoms with Crippen LogP contribution in [-0.4, -0.2) is 74.9 Å². The molecule has 0 atom stereocenters. The number of nitrogens with one attached hydrogen (secondary N) is 2. The second kappa shape index (κ2) is 13.6. The smallest absolute Gasteiger partial charge is 0.191 e. The molecule has 0 spiro atoms. The molecule has 1 aliphatic heterocycles. The van der Waals surface area contributed by atoms with Crippen LogP contribution in [0.5, 0.6) is 0 Å². The highest BCUT2D eigenvalue weighted by Crippen LogP contribution is 2.22. The summed E-state index contributed by atoms with van der Waals surface area (Å²) in [6, 6.07) is 6.61. The van der Waals surface area contributed by atoms with Gasteiger partial charge in [-0.05, 0) is 63.9 Å². The van der Waals surface area contributed by atoms with Crippen molar-refractivity contribution in [1.29, 1.82) is 0 Å². The zero-order chi connectivity index (χ0) is 18.8. The van der Waals surface area contributed by atoms with Crippen molar-refractivity contribution in [2.24, 2.45) is 4.99 Å². The van der Waals surface area contributed by atoms with E-state index in [2.05, 4.69) is 65.8 Å². The lowest BCUT2D eigenvalue weighted by molar-refractivity contribution is 0.280. The predicted octanol–water partition coefficient (Wildman–Crippen LogP) is 3.03. The van der Waals surface area contributed by atoms with E-state index in [0.29, 0.717) is 6.54 Å². The monoisotopic (exact) mass is 505 g/mol. The fourth-order valence-electron chi connectivity index (χ4n) is 3.14. The Labute approximate surface area is 186 Å². The summed E-state index contributed by atoms with van der Waals surface area (Å²) >= 11 is 1.79. The number of hydrogen-bond donors (Lipinski definition) is 2. The summed E-state index contributed by atoms with van der Waals surface area (Å²) < 4.78 is 0. The van der Waals surface area contributed by atoms with Crippen LogP contribution in [0.25, 0.3) is 0 Å². The van der Waals surface area contributed by atoms with Gasteiger partial charge in [-0.1, -0.05) is 12.1 Å². The van der Waals surface area contributed by atoms with E-state index >= 15 is 0 Å². The Morgan fingerprint density at radius 2 is 2.00 bits per heavy atom. The minimum absolute atomic E-state index is 0. The largest absolute Gasteiger partial charge is 0.357 e. The van der Waals surface area contributed by atoms with Crippen LogP contribution in [0.4, 0.5) is 0 Å². The molecule has 27 heavy (non-hydrogen) atoms. The van der Waals surface area contributed by atoms with Crippen molar-refractivity contribution in [3.63, 3.8) is 0 Å². The van der Waals surface area contributed by atoms with Crippen molar-refractivity contribution in [3.05, 3.63) is 29.3 Å². The highest BCUT2D eigenvalue weighted by molar-refractivity contribution is 14.0. The van der Waals surface area contributed by atoms with Gasteiger partial charge < -0.3 is 20.4 Å². The Morgan fingerprint density at radius 3 is 2.74 bits per heavy atom. The maximum Gasteiger partial charge on any atom is 0.191 e. The molecule has 1 fully saturated rings. The van der Waals surface area contributed by atoms with Gasteiger partial charge in [0.1, 0.15) is 0 Å². The van der Waals surface area contributed by atoms with Crippen molar-refractivity contribution >= 4 is 41.7 Å². The summed E-state index contributed by atoms with van der Waals surface area (Å²) in [5.41, 5.74) is 2.59. The second-order valence-corrected chi connectivity index (χ2v) is 7.78. The number of nitrogens with zero attached hydrogens (tertiary/aromatic N) is 3. The first-order valence-electron chi connectivity index (χ1n) is 9.69. The maximum atomic E-state index is 4.79. The average Bonchev–Trinajstić information content (AvgIpc) is 2.84. The zero-order valence-electron chi connectivity index (χ0n) is 17.3. The standard InChI is InChI=1S/C20H35N5S.HI/c1-5-21-20(22-9-12-25-11-6-10-24(3)13-14-25)23-16-18-8-7-17(2)15-19(18)26-4;/h7-8,15H,5-6,9-14,16H2,1-4H3,(H2,21,22,23);1H. The summed E-state index contributed by atoms with van der Waals surface area (Å²) in [6.07, 6.45) is 3.39.